The summed E-state index contributed by atoms with van der Waals surface area (Å²) >= 11 is 0. The van der Waals surface area contributed by atoms with Gasteiger partial charge in [-0.05, 0) is 43.9 Å². The van der Waals surface area contributed by atoms with Crippen LogP contribution in [-0.2, 0) is 4.79 Å². The van der Waals surface area contributed by atoms with Gasteiger partial charge in [0, 0.05) is 44.3 Å². The molecule has 1 saturated heterocycles. The van der Waals surface area contributed by atoms with Gasteiger partial charge in [-0.25, -0.2) is 9.97 Å². The van der Waals surface area contributed by atoms with Crippen molar-refractivity contribution in [3.05, 3.63) is 48.0 Å². The summed E-state index contributed by atoms with van der Waals surface area (Å²) in [5.74, 6) is 1.37. The summed E-state index contributed by atoms with van der Waals surface area (Å²) in [6, 6.07) is 7.89. The quantitative estimate of drug-likeness (QED) is 0.837. The second kappa shape index (κ2) is 8.00. The lowest BCUT2D eigenvalue weighted by Gasteiger charge is -2.34. The number of piperazine rings is 1. The number of hydrogen-bond donors (Lipinski definition) is 1. The van der Waals surface area contributed by atoms with Gasteiger partial charge < -0.3 is 10.2 Å². The number of amides is 1. The first-order valence-corrected chi connectivity index (χ1v) is 9.66. The van der Waals surface area contributed by atoms with E-state index in [1.807, 2.05) is 31.2 Å². The van der Waals surface area contributed by atoms with Crippen LogP contribution in [0.2, 0.25) is 0 Å². The van der Waals surface area contributed by atoms with Gasteiger partial charge in [0.15, 0.2) is 0 Å². The molecule has 7 heteroatoms. The van der Waals surface area contributed by atoms with Crippen molar-refractivity contribution in [2.24, 2.45) is 5.92 Å². The Hall–Kier alpha value is -2.54. The molecule has 2 fully saturated rings. The molecule has 4 rings (SSSR count). The van der Waals surface area contributed by atoms with Crippen LogP contribution in [0, 0.1) is 12.8 Å². The molecular weight excluding hydrogens is 340 g/mol. The molecule has 2 aliphatic rings. The normalized spacial score (nSPS) is 18.9. The van der Waals surface area contributed by atoms with Crippen molar-refractivity contribution in [3.8, 4) is 0 Å². The third kappa shape index (κ3) is 4.60. The van der Waals surface area contributed by atoms with Gasteiger partial charge in [-0.1, -0.05) is 6.07 Å². The molecule has 2 aromatic rings. The molecule has 2 aromatic heterocycles. The number of aryl methyl sites for hydroxylation is 1. The van der Waals surface area contributed by atoms with E-state index in [0.29, 0.717) is 12.5 Å². The van der Waals surface area contributed by atoms with Crippen LogP contribution in [0.5, 0.6) is 0 Å². The van der Waals surface area contributed by atoms with Crippen molar-refractivity contribution >= 4 is 11.9 Å². The zero-order valence-electron chi connectivity index (χ0n) is 15.7. The topological polar surface area (TPSA) is 74.2 Å². The predicted molar refractivity (Wildman–Crippen MR) is 103 cm³/mol. The number of carbonyl (C=O) groups excluding carboxylic acids is 1. The molecule has 1 N–H and O–H groups in total. The predicted octanol–water partition coefficient (Wildman–Crippen LogP) is 1.57. The van der Waals surface area contributed by atoms with E-state index in [0.717, 1.165) is 56.4 Å². The lowest BCUT2D eigenvalue weighted by molar-refractivity contribution is -0.123. The minimum Gasteiger partial charge on any atom is -0.346 e. The molecule has 27 heavy (non-hydrogen) atoms. The minimum atomic E-state index is 0.0383. The Bertz CT molecular complexity index is 771. The summed E-state index contributed by atoms with van der Waals surface area (Å²) in [6.07, 6.45) is 5.85. The SMILES string of the molecule is Cc1cccc([C@H](NC(=O)CN2CCN(c3ncccn3)CC2)C2CC2)n1. The summed E-state index contributed by atoms with van der Waals surface area (Å²) in [5.41, 5.74) is 1.98. The van der Waals surface area contributed by atoms with Crippen LogP contribution in [0.15, 0.2) is 36.7 Å². The zero-order chi connectivity index (χ0) is 18.6. The molecule has 1 aliphatic carbocycles. The Kier molecular flexibility index (Phi) is 5.29. The smallest absolute Gasteiger partial charge is 0.234 e. The van der Waals surface area contributed by atoms with Crippen molar-refractivity contribution in [1.82, 2.24) is 25.2 Å². The first kappa shape index (κ1) is 17.9. The largest absolute Gasteiger partial charge is 0.346 e. The number of hydrogen-bond acceptors (Lipinski definition) is 6. The highest BCUT2D eigenvalue weighted by molar-refractivity contribution is 5.78. The highest BCUT2D eigenvalue weighted by atomic mass is 16.2. The molecule has 1 atom stereocenters. The van der Waals surface area contributed by atoms with Crippen LogP contribution in [0.3, 0.4) is 0 Å². The Balaban J connectivity index is 1.30. The molecule has 3 heterocycles. The molecule has 142 valence electrons. The van der Waals surface area contributed by atoms with Crippen LogP contribution in [0.1, 0.15) is 30.3 Å². The fourth-order valence-electron chi connectivity index (χ4n) is 3.58. The first-order chi connectivity index (χ1) is 13.2. The maximum atomic E-state index is 12.6. The van der Waals surface area contributed by atoms with Gasteiger partial charge >= 0.3 is 0 Å². The molecule has 1 amide bonds. The second-order valence-electron chi connectivity index (χ2n) is 7.40. The number of anilines is 1. The van der Waals surface area contributed by atoms with Gasteiger partial charge in [0.1, 0.15) is 0 Å². The van der Waals surface area contributed by atoms with Crippen molar-refractivity contribution in [1.29, 1.82) is 0 Å². The Labute approximate surface area is 159 Å². The van der Waals surface area contributed by atoms with Gasteiger partial charge in [0.2, 0.25) is 11.9 Å². The van der Waals surface area contributed by atoms with Crippen LogP contribution >= 0.6 is 0 Å². The van der Waals surface area contributed by atoms with Crippen LogP contribution in [0.4, 0.5) is 5.95 Å². The molecule has 1 saturated carbocycles. The van der Waals surface area contributed by atoms with E-state index in [-0.39, 0.29) is 11.9 Å². The number of rotatable bonds is 6. The van der Waals surface area contributed by atoms with E-state index in [1.54, 1.807) is 12.4 Å². The first-order valence-electron chi connectivity index (χ1n) is 9.66. The molecule has 0 radical (unpaired) electrons. The van der Waals surface area contributed by atoms with Crippen molar-refractivity contribution in [2.75, 3.05) is 37.6 Å². The summed E-state index contributed by atoms with van der Waals surface area (Å²) in [4.78, 5) is 30.2. The van der Waals surface area contributed by atoms with Crippen LogP contribution < -0.4 is 10.2 Å². The van der Waals surface area contributed by atoms with E-state index in [2.05, 4.69) is 30.1 Å². The van der Waals surface area contributed by atoms with E-state index in [4.69, 9.17) is 0 Å². The fraction of sp³-hybridized carbons (Fsp3) is 0.500. The molecule has 0 aromatic carbocycles. The fourth-order valence-corrected chi connectivity index (χ4v) is 3.58. The van der Waals surface area contributed by atoms with Crippen molar-refractivity contribution in [2.45, 2.75) is 25.8 Å². The monoisotopic (exact) mass is 366 g/mol. The summed E-state index contributed by atoms with van der Waals surface area (Å²) in [5, 5.41) is 3.23. The van der Waals surface area contributed by atoms with Crippen LogP contribution in [0.25, 0.3) is 0 Å². The molecule has 0 spiro atoms. The van der Waals surface area contributed by atoms with Gasteiger partial charge in [-0.3, -0.25) is 14.7 Å². The molecule has 0 unspecified atom stereocenters. The number of nitrogens with zero attached hydrogens (tertiary/aromatic N) is 5. The highest BCUT2D eigenvalue weighted by Crippen LogP contribution is 2.40. The Morgan fingerprint density at radius 1 is 1.15 bits per heavy atom. The maximum absolute atomic E-state index is 12.6. The molecule has 1 aliphatic heterocycles. The van der Waals surface area contributed by atoms with Gasteiger partial charge in [0.25, 0.3) is 0 Å². The zero-order valence-corrected chi connectivity index (χ0v) is 15.7. The third-order valence-electron chi connectivity index (χ3n) is 5.21. The van der Waals surface area contributed by atoms with Crippen molar-refractivity contribution < 1.29 is 4.79 Å². The lowest BCUT2D eigenvalue weighted by Crippen LogP contribution is -2.50. The number of nitrogens with one attached hydrogen (secondary N) is 1. The molecule has 0 bridgehead atoms. The van der Waals surface area contributed by atoms with E-state index in [9.17, 15) is 4.79 Å². The number of aromatic nitrogens is 3. The minimum absolute atomic E-state index is 0.0383. The molecular formula is C20H26N6O. The highest BCUT2D eigenvalue weighted by Gasteiger charge is 2.34. The Morgan fingerprint density at radius 2 is 1.89 bits per heavy atom. The van der Waals surface area contributed by atoms with Gasteiger partial charge in [0.05, 0.1) is 18.3 Å². The van der Waals surface area contributed by atoms with E-state index in [1.165, 1.54) is 0 Å². The summed E-state index contributed by atoms with van der Waals surface area (Å²) in [7, 11) is 0. The number of pyridine rings is 1. The van der Waals surface area contributed by atoms with E-state index >= 15 is 0 Å². The average molecular weight is 366 g/mol. The molecule has 7 nitrogen and oxygen atoms in total. The summed E-state index contributed by atoms with van der Waals surface area (Å²) < 4.78 is 0. The van der Waals surface area contributed by atoms with Crippen molar-refractivity contribution in [3.63, 3.8) is 0 Å². The lowest BCUT2D eigenvalue weighted by atomic mass is 10.1. The van der Waals surface area contributed by atoms with Gasteiger partial charge in [-0.2, -0.15) is 0 Å². The standard InChI is InChI=1S/C20H26N6O/c1-15-4-2-5-17(23-15)19(16-6-7-16)24-18(27)14-25-10-12-26(13-11-25)20-21-8-3-9-22-20/h2-5,8-9,16,19H,6-7,10-14H2,1H3,(H,24,27)/t19-/m1/s1. The van der Waals surface area contributed by atoms with E-state index < -0.39 is 0 Å². The second-order valence-corrected chi connectivity index (χ2v) is 7.40. The van der Waals surface area contributed by atoms with Crippen LogP contribution in [-0.4, -0.2) is 58.5 Å². The third-order valence-corrected chi connectivity index (χ3v) is 5.21. The van der Waals surface area contributed by atoms with Gasteiger partial charge in [-0.15, -0.1) is 0 Å². The summed E-state index contributed by atoms with van der Waals surface area (Å²) in [6.45, 7) is 5.76. The average Bonchev–Trinajstić information content (AvgIpc) is 3.52. The maximum Gasteiger partial charge on any atom is 0.234 e. The Morgan fingerprint density at radius 3 is 2.56 bits per heavy atom. The number of carbonyl (C=O) groups is 1.